The van der Waals surface area contributed by atoms with E-state index >= 15 is 0 Å². The fourth-order valence-electron chi connectivity index (χ4n) is 6.76. The summed E-state index contributed by atoms with van der Waals surface area (Å²) in [6.45, 7) is 12.8. The molecule has 1 atom stereocenters. The summed E-state index contributed by atoms with van der Waals surface area (Å²) in [5.41, 5.74) is 2.10. The molecule has 12 heteroatoms. The Hall–Kier alpha value is -2.12. The number of thiol groups is 1. The number of aromatic nitrogens is 2. The number of amides is 1. The van der Waals surface area contributed by atoms with E-state index in [4.69, 9.17) is 12.6 Å². The molecule has 1 aliphatic carbocycles. The van der Waals surface area contributed by atoms with Crippen LogP contribution in [0, 0.1) is 25.6 Å². The van der Waals surface area contributed by atoms with Crippen molar-refractivity contribution in [2.24, 2.45) is 5.92 Å². The number of nitrogens with zero attached hydrogens (tertiary/aromatic N) is 6. The first-order valence-electron chi connectivity index (χ1n) is 16.0. The first-order valence-corrected chi connectivity index (χ1v) is 17.9. The molecule has 0 N–H and O–H groups in total. The number of aryl methyl sites for hydroxylation is 2. The van der Waals surface area contributed by atoms with Crippen LogP contribution >= 0.6 is 12.6 Å². The standard InChI is InChI=1S/C26H42N6O3S2.C6H5F/c1-19-16-31(15-14-30(19)17-22-6-10-32(11-7-22)37(34,35)23-4-5-23)26(36)8-12-29(13-9-26)25(33)24-20(2)27-18-28-21(24)3;7-6-4-2-1-3-5-6/h18-19,22-23,36H,4-17H2,1-3H3;1-5H/t19-;/m0./s1. The molecule has 1 aromatic carbocycles. The van der Waals surface area contributed by atoms with E-state index in [1.54, 1.807) is 22.5 Å². The van der Waals surface area contributed by atoms with Crippen molar-refractivity contribution in [1.29, 1.82) is 0 Å². The minimum absolute atomic E-state index is 0.0279. The summed E-state index contributed by atoms with van der Waals surface area (Å²) in [7, 11) is -3.04. The van der Waals surface area contributed by atoms with Gasteiger partial charge in [0.1, 0.15) is 12.1 Å². The monoisotopic (exact) mass is 646 g/mol. The summed E-state index contributed by atoms with van der Waals surface area (Å²) in [6.07, 6.45) is 6.80. The van der Waals surface area contributed by atoms with E-state index in [9.17, 15) is 17.6 Å². The maximum Gasteiger partial charge on any atom is 0.257 e. The van der Waals surface area contributed by atoms with Crippen molar-refractivity contribution in [1.82, 2.24) is 29.0 Å². The molecule has 1 aromatic heterocycles. The molecule has 4 aliphatic rings. The number of hydrogen-bond acceptors (Lipinski definition) is 8. The molecule has 242 valence electrons. The van der Waals surface area contributed by atoms with Crippen molar-refractivity contribution in [3.63, 3.8) is 0 Å². The Morgan fingerprint density at radius 2 is 1.57 bits per heavy atom. The highest BCUT2D eigenvalue weighted by atomic mass is 32.2. The lowest BCUT2D eigenvalue weighted by Gasteiger charge is -2.51. The molecule has 0 radical (unpaired) electrons. The zero-order valence-corrected chi connectivity index (χ0v) is 27.9. The third kappa shape index (κ3) is 7.81. The van der Waals surface area contributed by atoms with Crippen molar-refractivity contribution >= 4 is 28.6 Å². The minimum atomic E-state index is -3.04. The number of carbonyl (C=O) groups excluding carboxylic acids is 1. The zero-order chi connectivity index (χ0) is 31.5. The highest BCUT2D eigenvalue weighted by molar-refractivity contribution is 7.90. The molecule has 0 unspecified atom stereocenters. The van der Waals surface area contributed by atoms with Crippen LogP contribution in [0.1, 0.15) is 67.2 Å². The van der Waals surface area contributed by atoms with Gasteiger partial charge in [-0.15, -0.1) is 0 Å². The van der Waals surface area contributed by atoms with E-state index in [0.29, 0.717) is 43.7 Å². The molecule has 0 spiro atoms. The number of piperazine rings is 1. The van der Waals surface area contributed by atoms with Crippen molar-refractivity contribution in [2.45, 2.75) is 75.5 Å². The molecule has 1 amide bonds. The van der Waals surface area contributed by atoms with Crippen LogP contribution in [0.4, 0.5) is 4.39 Å². The second-order valence-electron chi connectivity index (χ2n) is 12.9. The average molecular weight is 647 g/mol. The van der Waals surface area contributed by atoms with Gasteiger partial charge in [-0.3, -0.25) is 14.6 Å². The highest BCUT2D eigenvalue weighted by Gasteiger charge is 2.43. The molecule has 3 saturated heterocycles. The van der Waals surface area contributed by atoms with Crippen LogP contribution in [-0.4, -0.2) is 112 Å². The highest BCUT2D eigenvalue weighted by Crippen LogP contribution is 2.36. The molecule has 3 aliphatic heterocycles. The molecule has 4 heterocycles. The van der Waals surface area contributed by atoms with Crippen LogP contribution < -0.4 is 0 Å². The number of carbonyl (C=O) groups is 1. The van der Waals surface area contributed by atoms with Gasteiger partial charge in [0.15, 0.2) is 0 Å². The van der Waals surface area contributed by atoms with Crippen molar-refractivity contribution in [3.05, 3.63) is 59.4 Å². The van der Waals surface area contributed by atoms with E-state index in [2.05, 4.69) is 26.7 Å². The van der Waals surface area contributed by atoms with Crippen LogP contribution in [0.5, 0.6) is 0 Å². The van der Waals surface area contributed by atoms with Crippen LogP contribution in [-0.2, 0) is 10.0 Å². The van der Waals surface area contributed by atoms with Gasteiger partial charge >= 0.3 is 0 Å². The third-order valence-electron chi connectivity index (χ3n) is 9.75. The van der Waals surface area contributed by atoms with E-state index in [-0.39, 0.29) is 21.8 Å². The molecule has 2 aromatic rings. The van der Waals surface area contributed by atoms with Gasteiger partial charge in [-0.05, 0) is 77.3 Å². The van der Waals surface area contributed by atoms with E-state index in [1.807, 2.05) is 18.7 Å². The van der Waals surface area contributed by atoms with Crippen molar-refractivity contribution < 1.29 is 17.6 Å². The van der Waals surface area contributed by atoms with Gasteiger partial charge in [0.2, 0.25) is 10.0 Å². The summed E-state index contributed by atoms with van der Waals surface area (Å²) in [5.74, 6) is 0.412. The number of benzene rings is 1. The van der Waals surface area contributed by atoms with Gasteiger partial charge in [-0.25, -0.2) is 27.1 Å². The SMILES string of the molecule is Cc1ncnc(C)c1C(=O)N1CCC(S)(N2CCN(CC3CCN(S(=O)(=O)C4CC4)CC3)[C@@H](C)C2)CC1.Fc1ccccc1. The fraction of sp³-hybridized carbons (Fsp3) is 0.656. The Morgan fingerprint density at radius 3 is 2.09 bits per heavy atom. The fourth-order valence-corrected chi connectivity index (χ4v) is 9.01. The zero-order valence-electron chi connectivity index (χ0n) is 26.2. The molecule has 1 saturated carbocycles. The van der Waals surface area contributed by atoms with Crippen molar-refractivity contribution in [2.75, 3.05) is 52.4 Å². The molecular formula is C32H47FN6O3S2. The van der Waals surface area contributed by atoms with Gasteiger partial charge in [-0.1, -0.05) is 18.2 Å². The van der Waals surface area contributed by atoms with Crippen molar-refractivity contribution in [3.8, 4) is 0 Å². The first-order chi connectivity index (χ1) is 21.0. The number of piperidine rings is 2. The van der Waals surface area contributed by atoms with Gasteiger partial charge < -0.3 is 4.90 Å². The summed E-state index contributed by atoms with van der Waals surface area (Å²) in [4.78, 5) is 28.5. The lowest BCUT2D eigenvalue weighted by Crippen LogP contribution is -2.61. The van der Waals surface area contributed by atoms with Crippen LogP contribution in [0.15, 0.2) is 36.7 Å². The lowest BCUT2D eigenvalue weighted by molar-refractivity contribution is 0.00862. The normalized spacial score (nSPS) is 24.0. The molecule has 9 nitrogen and oxygen atoms in total. The smallest absolute Gasteiger partial charge is 0.257 e. The van der Waals surface area contributed by atoms with Crippen LogP contribution in [0.2, 0.25) is 0 Å². The second kappa shape index (κ2) is 14.1. The molecule has 44 heavy (non-hydrogen) atoms. The molecular weight excluding hydrogens is 600 g/mol. The van der Waals surface area contributed by atoms with E-state index < -0.39 is 10.0 Å². The van der Waals surface area contributed by atoms with E-state index in [0.717, 1.165) is 76.1 Å². The minimum Gasteiger partial charge on any atom is -0.338 e. The third-order valence-corrected chi connectivity index (χ3v) is 12.9. The lowest BCUT2D eigenvalue weighted by atomic mass is 9.95. The number of hydrogen-bond donors (Lipinski definition) is 1. The second-order valence-corrected chi connectivity index (χ2v) is 15.9. The maximum atomic E-state index is 13.2. The number of halogens is 1. The van der Waals surface area contributed by atoms with Gasteiger partial charge in [-0.2, -0.15) is 12.6 Å². The predicted molar refractivity (Wildman–Crippen MR) is 174 cm³/mol. The Kier molecular flexibility index (Phi) is 10.7. The predicted octanol–water partition coefficient (Wildman–Crippen LogP) is 3.99. The number of sulfonamides is 1. The number of rotatable bonds is 6. The molecule has 0 bridgehead atoms. The van der Waals surface area contributed by atoms with Gasteiger partial charge in [0.05, 0.1) is 27.1 Å². The van der Waals surface area contributed by atoms with Crippen LogP contribution in [0.25, 0.3) is 0 Å². The molecule has 6 rings (SSSR count). The summed E-state index contributed by atoms with van der Waals surface area (Å²) in [5, 5.41) is -0.101. The summed E-state index contributed by atoms with van der Waals surface area (Å²) < 4.78 is 38.8. The maximum absolute atomic E-state index is 13.2. The average Bonchev–Trinajstić information content (AvgIpc) is 3.86. The molecule has 4 fully saturated rings. The first kappa shape index (κ1) is 33.2. The van der Waals surface area contributed by atoms with E-state index in [1.165, 1.54) is 18.5 Å². The largest absolute Gasteiger partial charge is 0.338 e. The quantitative estimate of drug-likeness (QED) is 0.475. The Bertz CT molecular complexity index is 1360. The van der Waals surface area contributed by atoms with Crippen LogP contribution in [0.3, 0.4) is 0 Å². The van der Waals surface area contributed by atoms with Gasteiger partial charge in [0.25, 0.3) is 5.91 Å². The van der Waals surface area contributed by atoms with Gasteiger partial charge in [0, 0.05) is 58.4 Å². The Morgan fingerprint density at radius 1 is 0.955 bits per heavy atom. The summed E-state index contributed by atoms with van der Waals surface area (Å²) >= 11 is 5.17. The Balaban J connectivity index is 0.000000484. The Labute approximate surface area is 267 Å². The summed E-state index contributed by atoms with van der Waals surface area (Å²) in [6, 6.07) is 8.37. The topological polar surface area (TPSA) is 90.0 Å². The number of likely N-dealkylation sites (tertiary alicyclic amines) is 1.